The zero-order chi connectivity index (χ0) is 19.5. The van der Waals surface area contributed by atoms with E-state index >= 15 is 0 Å². The minimum absolute atomic E-state index is 0.138. The van der Waals surface area contributed by atoms with Gasteiger partial charge in [-0.2, -0.15) is 0 Å². The molecule has 0 radical (unpaired) electrons. The van der Waals surface area contributed by atoms with Crippen LogP contribution in [-0.4, -0.2) is 15.9 Å². The number of rotatable bonds is 5. The second-order valence-corrected chi connectivity index (χ2v) is 6.87. The van der Waals surface area contributed by atoms with Crippen LogP contribution in [0.5, 0.6) is 0 Å². The summed E-state index contributed by atoms with van der Waals surface area (Å²) in [5.41, 5.74) is 3.74. The third-order valence-electron chi connectivity index (χ3n) is 4.61. The Morgan fingerprint density at radius 1 is 1.07 bits per heavy atom. The lowest BCUT2D eigenvalue weighted by molar-refractivity contribution is -0.121. The van der Waals surface area contributed by atoms with Crippen LogP contribution >= 0.6 is 11.6 Å². The molecular weight excluding hydrogens is 377 g/mol. The lowest BCUT2D eigenvalue weighted by atomic mass is 9.97. The number of aromatic nitrogens is 2. The van der Waals surface area contributed by atoms with Gasteiger partial charge in [0, 0.05) is 10.6 Å². The van der Waals surface area contributed by atoms with Crippen molar-refractivity contribution >= 4 is 28.5 Å². The van der Waals surface area contributed by atoms with E-state index < -0.39 is 5.82 Å². The Kier molecular flexibility index (Phi) is 5.08. The van der Waals surface area contributed by atoms with E-state index in [2.05, 4.69) is 15.3 Å². The van der Waals surface area contributed by atoms with Gasteiger partial charge in [-0.05, 0) is 35.4 Å². The fourth-order valence-electron chi connectivity index (χ4n) is 3.21. The zero-order valence-electron chi connectivity index (χ0n) is 14.8. The molecule has 0 fully saturated rings. The van der Waals surface area contributed by atoms with E-state index in [1.165, 1.54) is 12.1 Å². The number of halogens is 2. The van der Waals surface area contributed by atoms with Crippen LogP contribution in [0.2, 0.25) is 5.02 Å². The number of carbonyl (C=O) groups excluding carboxylic acids is 1. The topological polar surface area (TPSA) is 57.8 Å². The fraction of sp³-hybridized carbons (Fsp3) is 0.0909. The molecule has 4 aromatic rings. The fourth-order valence-corrected chi connectivity index (χ4v) is 3.44. The molecule has 1 amide bonds. The highest BCUT2D eigenvalue weighted by Gasteiger charge is 2.19. The van der Waals surface area contributed by atoms with Crippen LogP contribution in [0.3, 0.4) is 0 Å². The van der Waals surface area contributed by atoms with Crippen molar-refractivity contribution in [3.8, 4) is 0 Å². The number of aromatic amines is 1. The molecule has 0 aliphatic carbocycles. The number of imidazole rings is 1. The first-order valence-corrected chi connectivity index (χ1v) is 9.20. The number of nitrogens with zero attached hydrogens (tertiary/aromatic N) is 1. The highest BCUT2D eigenvalue weighted by atomic mass is 35.5. The number of carbonyl (C=O) groups is 1. The first kappa shape index (κ1) is 18.2. The van der Waals surface area contributed by atoms with E-state index in [1.54, 1.807) is 12.4 Å². The van der Waals surface area contributed by atoms with Crippen molar-refractivity contribution in [2.75, 3.05) is 0 Å². The van der Waals surface area contributed by atoms with Gasteiger partial charge in [0.15, 0.2) is 0 Å². The van der Waals surface area contributed by atoms with Gasteiger partial charge < -0.3 is 10.3 Å². The van der Waals surface area contributed by atoms with Crippen molar-refractivity contribution in [1.82, 2.24) is 15.3 Å². The summed E-state index contributed by atoms with van der Waals surface area (Å²) in [7, 11) is 0. The van der Waals surface area contributed by atoms with E-state index in [0.717, 1.165) is 22.2 Å². The van der Waals surface area contributed by atoms with E-state index in [9.17, 15) is 9.18 Å². The highest BCUT2D eigenvalue weighted by Crippen LogP contribution is 2.25. The normalized spacial score (nSPS) is 12.1. The number of amides is 1. The smallest absolute Gasteiger partial charge is 0.225 e. The first-order valence-electron chi connectivity index (χ1n) is 8.82. The van der Waals surface area contributed by atoms with Crippen molar-refractivity contribution in [3.63, 3.8) is 0 Å². The summed E-state index contributed by atoms with van der Waals surface area (Å²) in [4.78, 5) is 20.0. The second-order valence-electron chi connectivity index (χ2n) is 6.47. The van der Waals surface area contributed by atoms with Gasteiger partial charge in [0.05, 0.1) is 29.8 Å². The van der Waals surface area contributed by atoms with Gasteiger partial charge in [-0.25, -0.2) is 9.37 Å². The Labute approximate surface area is 166 Å². The van der Waals surface area contributed by atoms with Crippen LogP contribution in [0.1, 0.15) is 22.7 Å². The number of benzene rings is 3. The molecule has 0 saturated heterocycles. The summed E-state index contributed by atoms with van der Waals surface area (Å²) in [6, 6.07) is 19.4. The molecule has 0 aliphatic rings. The molecule has 1 heterocycles. The molecule has 4 nitrogen and oxygen atoms in total. The van der Waals surface area contributed by atoms with Crippen LogP contribution in [0.4, 0.5) is 4.39 Å². The molecular formula is C22H17ClFN3O. The average Bonchev–Trinajstić information content (AvgIpc) is 3.17. The van der Waals surface area contributed by atoms with Crippen LogP contribution in [0, 0.1) is 5.82 Å². The van der Waals surface area contributed by atoms with Gasteiger partial charge in [-0.3, -0.25) is 4.79 Å². The minimum atomic E-state index is -0.488. The van der Waals surface area contributed by atoms with E-state index in [-0.39, 0.29) is 29.0 Å². The number of hydrogen-bond donors (Lipinski definition) is 2. The lowest BCUT2D eigenvalue weighted by Crippen LogP contribution is -2.31. The number of H-pyrrole nitrogens is 1. The SMILES string of the molecule is O=C(Cc1c(F)cccc1Cl)NC(c1ccccc1)c1ccc2nc[nH]c2c1. The van der Waals surface area contributed by atoms with Crippen molar-refractivity contribution in [1.29, 1.82) is 0 Å². The van der Waals surface area contributed by atoms with Gasteiger partial charge in [0.2, 0.25) is 5.91 Å². The van der Waals surface area contributed by atoms with Gasteiger partial charge in [-0.15, -0.1) is 0 Å². The van der Waals surface area contributed by atoms with Crippen LogP contribution in [0.25, 0.3) is 11.0 Å². The van der Waals surface area contributed by atoms with Gasteiger partial charge in [-0.1, -0.05) is 54.1 Å². The van der Waals surface area contributed by atoms with Crippen LogP contribution in [0.15, 0.2) is 73.1 Å². The Balaban J connectivity index is 1.65. The van der Waals surface area contributed by atoms with Gasteiger partial charge in [0.25, 0.3) is 0 Å². The monoisotopic (exact) mass is 393 g/mol. The van der Waals surface area contributed by atoms with Crippen molar-refractivity contribution in [2.24, 2.45) is 0 Å². The molecule has 1 atom stereocenters. The summed E-state index contributed by atoms with van der Waals surface area (Å²) in [5, 5.41) is 3.25. The Bertz CT molecular complexity index is 1110. The molecule has 28 heavy (non-hydrogen) atoms. The summed E-state index contributed by atoms with van der Waals surface area (Å²) >= 11 is 6.07. The summed E-state index contributed by atoms with van der Waals surface area (Å²) < 4.78 is 14.1. The van der Waals surface area contributed by atoms with Crippen molar-refractivity contribution in [2.45, 2.75) is 12.5 Å². The van der Waals surface area contributed by atoms with E-state index in [4.69, 9.17) is 11.6 Å². The second kappa shape index (κ2) is 7.82. The quantitative estimate of drug-likeness (QED) is 0.511. The van der Waals surface area contributed by atoms with Crippen LogP contribution in [-0.2, 0) is 11.2 Å². The Morgan fingerprint density at radius 2 is 1.89 bits per heavy atom. The maximum atomic E-state index is 14.1. The summed E-state index contributed by atoms with van der Waals surface area (Å²) in [6.45, 7) is 0. The third-order valence-corrected chi connectivity index (χ3v) is 4.97. The molecule has 1 unspecified atom stereocenters. The molecule has 2 N–H and O–H groups in total. The number of nitrogens with one attached hydrogen (secondary N) is 2. The maximum absolute atomic E-state index is 14.1. The predicted octanol–water partition coefficient (Wildman–Crippen LogP) is 4.80. The molecule has 0 spiro atoms. The molecule has 0 aliphatic heterocycles. The van der Waals surface area contributed by atoms with Gasteiger partial charge >= 0.3 is 0 Å². The highest BCUT2D eigenvalue weighted by molar-refractivity contribution is 6.31. The summed E-state index contributed by atoms with van der Waals surface area (Å²) in [5.74, 6) is -0.802. The Morgan fingerprint density at radius 3 is 2.68 bits per heavy atom. The number of hydrogen-bond acceptors (Lipinski definition) is 2. The molecule has 1 aromatic heterocycles. The zero-order valence-corrected chi connectivity index (χ0v) is 15.6. The van der Waals surface area contributed by atoms with E-state index in [1.807, 2.05) is 48.5 Å². The largest absolute Gasteiger partial charge is 0.345 e. The minimum Gasteiger partial charge on any atom is -0.345 e. The predicted molar refractivity (Wildman–Crippen MR) is 108 cm³/mol. The van der Waals surface area contributed by atoms with Crippen molar-refractivity contribution < 1.29 is 9.18 Å². The van der Waals surface area contributed by atoms with Crippen molar-refractivity contribution in [3.05, 3.63) is 101 Å². The third kappa shape index (κ3) is 3.75. The standard InChI is InChI=1S/C22H17ClFN3O/c23-17-7-4-8-18(24)16(17)12-21(28)27-22(14-5-2-1-3-6-14)15-9-10-19-20(11-15)26-13-25-19/h1-11,13,22H,12H2,(H,25,26)(H,27,28). The molecule has 6 heteroatoms. The lowest BCUT2D eigenvalue weighted by Gasteiger charge is -2.20. The number of fused-ring (bicyclic) bond motifs is 1. The molecule has 3 aromatic carbocycles. The summed E-state index contributed by atoms with van der Waals surface area (Å²) in [6.07, 6.45) is 1.49. The molecule has 140 valence electrons. The Hall–Kier alpha value is -3.18. The molecule has 0 saturated carbocycles. The average molecular weight is 394 g/mol. The molecule has 4 rings (SSSR count). The molecule has 0 bridgehead atoms. The first-order chi connectivity index (χ1) is 13.6. The van der Waals surface area contributed by atoms with Crippen LogP contribution < -0.4 is 5.32 Å². The van der Waals surface area contributed by atoms with Gasteiger partial charge in [0.1, 0.15) is 5.82 Å². The van der Waals surface area contributed by atoms with E-state index in [0.29, 0.717) is 0 Å². The maximum Gasteiger partial charge on any atom is 0.225 e.